The molecule has 0 unspecified atom stereocenters. The number of amides is 2. The van der Waals surface area contributed by atoms with Gasteiger partial charge >= 0.3 is 6.03 Å². The van der Waals surface area contributed by atoms with Crippen LogP contribution in [0.2, 0.25) is 10.0 Å². The summed E-state index contributed by atoms with van der Waals surface area (Å²) in [5.41, 5.74) is 12.1. The number of carbonyl (C=O) groups excluding carboxylic acids is 1. The van der Waals surface area contributed by atoms with E-state index < -0.39 is 11.6 Å². The van der Waals surface area contributed by atoms with Gasteiger partial charge in [-0.05, 0) is 90.5 Å². The van der Waals surface area contributed by atoms with Gasteiger partial charge in [-0.25, -0.2) is 24.7 Å². The molecule has 6 aromatic heterocycles. The fourth-order valence-corrected chi connectivity index (χ4v) is 10.8. The van der Waals surface area contributed by atoms with Crippen molar-refractivity contribution in [1.82, 2.24) is 39.5 Å². The molecule has 21 nitrogen and oxygen atoms in total. The van der Waals surface area contributed by atoms with Gasteiger partial charge in [-0.3, -0.25) is 14.3 Å². The lowest BCUT2D eigenvalue weighted by molar-refractivity contribution is -0.142. The first-order valence-corrected chi connectivity index (χ1v) is 26.8. The monoisotopic (exact) mass is 1080 g/mol. The van der Waals surface area contributed by atoms with Crippen LogP contribution in [0.3, 0.4) is 0 Å². The van der Waals surface area contributed by atoms with Crippen molar-refractivity contribution in [3.8, 4) is 34.3 Å². The van der Waals surface area contributed by atoms with Crippen LogP contribution in [0.15, 0.2) is 73.6 Å². The van der Waals surface area contributed by atoms with E-state index in [1.54, 1.807) is 47.8 Å². The van der Waals surface area contributed by atoms with Crippen molar-refractivity contribution in [3.63, 3.8) is 0 Å². The van der Waals surface area contributed by atoms with Gasteiger partial charge in [-0.15, -0.1) is 0 Å². The highest BCUT2D eigenvalue weighted by Crippen LogP contribution is 2.45. The summed E-state index contributed by atoms with van der Waals surface area (Å²) in [7, 11) is 0. The number of hydrogen-bond acceptors (Lipinski definition) is 17. The summed E-state index contributed by atoms with van der Waals surface area (Å²) in [6.45, 7) is 12.9. The van der Waals surface area contributed by atoms with Crippen molar-refractivity contribution in [2.24, 2.45) is 0 Å². The molecule has 6 fully saturated rings. The van der Waals surface area contributed by atoms with Crippen LogP contribution in [0, 0.1) is 0 Å². The number of halogens is 2. The average Bonchev–Trinajstić information content (AvgIpc) is 4.08. The van der Waals surface area contributed by atoms with Crippen LogP contribution >= 0.6 is 23.2 Å². The van der Waals surface area contributed by atoms with E-state index in [1.165, 1.54) is 19.3 Å². The maximum Gasteiger partial charge on any atom is 0.327 e. The zero-order valence-corrected chi connectivity index (χ0v) is 44.4. The number of pyridine rings is 4. The van der Waals surface area contributed by atoms with E-state index in [1.807, 2.05) is 61.6 Å². The number of urea groups is 1. The zero-order valence-electron chi connectivity index (χ0n) is 42.9. The van der Waals surface area contributed by atoms with Gasteiger partial charge in [0.1, 0.15) is 25.4 Å². The van der Waals surface area contributed by atoms with Gasteiger partial charge in [0.2, 0.25) is 11.8 Å². The summed E-state index contributed by atoms with van der Waals surface area (Å²) in [6, 6.07) is 12.1. The Kier molecular flexibility index (Phi) is 13.6. The standard InChI is InChI=1S/C27H30ClN7O4.C15H16ClN5.C11H16N2O3/c1-27(2)38-15-20(39-27)14-37-23-9-17(5-7-29-23)31-26(36)35-19-6-8-33(13-19)22-10-21(28)24(32-25(22)35)16-11-30-34(12-16)18-3-4-18;16-12-5-13-15(18-10-3-4-20(13)8-10)19-14(12)9-6-17-21(7-9)11-1-2-11;1-11(2)15-7-9(16-11)6-14-10-5-8(12)3-4-13-10/h5,7,9-12,18-20H,3-4,6,8,13-15H2,1-2H3,(H,29,31,36);5-7,10-11H,1-4,8H2,(H,18,19);3-5,9H,6-7H2,1-2H3,(H2,12,13)/t19-,20-;10-;9-/m000/s1. The Balaban J connectivity index is 0.000000131. The van der Waals surface area contributed by atoms with Gasteiger partial charge in [0.05, 0.1) is 76.5 Å². The topological polar surface area (TPSA) is 219 Å². The summed E-state index contributed by atoms with van der Waals surface area (Å²) >= 11 is 13.2. The van der Waals surface area contributed by atoms with E-state index in [-0.39, 0.29) is 24.3 Å². The van der Waals surface area contributed by atoms with E-state index in [0.717, 1.165) is 79.5 Å². The van der Waals surface area contributed by atoms with Gasteiger partial charge in [0.15, 0.2) is 23.2 Å². The molecule has 8 aliphatic rings. The quantitative estimate of drug-likeness (QED) is 0.111. The molecule has 0 radical (unpaired) electrons. The van der Waals surface area contributed by atoms with Crippen LogP contribution in [0.25, 0.3) is 22.5 Å². The number of aromatic nitrogens is 8. The van der Waals surface area contributed by atoms with Crippen molar-refractivity contribution in [2.75, 3.05) is 83.7 Å². The fraction of sp³-hybridized carbons (Fsp3) is 0.491. The van der Waals surface area contributed by atoms with Crippen LogP contribution in [-0.2, 0) is 18.9 Å². The van der Waals surface area contributed by atoms with Crippen LogP contribution in [0.4, 0.5) is 39.2 Å². The van der Waals surface area contributed by atoms with Crippen LogP contribution in [0.1, 0.15) is 78.3 Å². The second-order valence-corrected chi connectivity index (χ2v) is 22.1. The molecule has 4 N–H and O–H groups in total. The van der Waals surface area contributed by atoms with E-state index >= 15 is 0 Å². The SMILES string of the molecule is CC1(C)OC[C@H](COc2cc(N)ccn2)O1.CC1(C)OC[C@H](COc2cc(NC(=O)N3c4nc(-c5cnn(C6CC6)c5)c(Cl)cc4N4CC[C@H]3C4)ccn2)O1.Clc1cc2c(nc1-c1cnn(C3CC3)c1)N[C@H]1CCN2C1. The first-order chi connectivity index (χ1) is 36.7. The number of ether oxygens (including phenoxy) is 6. The molecule has 76 heavy (non-hydrogen) atoms. The van der Waals surface area contributed by atoms with E-state index in [0.29, 0.717) is 89.2 Å². The summed E-state index contributed by atoms with van der Waals surface area (Å²) in [6.07, 6.45) is 17.4. The Morgan fingerprint density at radius 1 is 0.737 bits per heavy atom. The summed E-state index contributed by atoms with van der Waals surface area (Å²) in [5, 5.41) is 16.7. The highest BCUT2D eigenvalue weighted by atomic mass is 35.5. The minimum atomic E-state index is -0.617. The predicted octanol–water partition coefficient (Wildman–Crippen LogP) is 8.62. The summed E-state index contributed by atoms with van der Waals surface area (Å²) < 4.78 is 37.7. The number of nitrogen functional groups attached to an aromatic ring is 1. The number of nitrogens with one attached hydrogen (secondary N) is 2. The second kappa shape index (κ2) is 20.5. The Labute approximate surface area is 450 Å². The molecule has 4 atom stereocenters. The molecule has 2 aliphatic carbocycles. The first-order valence-electron chi connectivity index (χ1n) is 26.1. The second-order valence-electron chi connectivity index (χ2n) is 21.3. The molecule has 0 aromatic carbocycles. The molecule has 12 heterocycles. The van der Waals surface area contributed by atoms with Crippen molar-refractivity contribution < 1.29 is 33.2 Å². The molecule has 4 saturated heterocycles. The van der Waals surface area contributed by atoms with Gasteiger partial charge in [0, 0.05) is 91.6 Å². The smallest absolute Gasteiger partial charge is 0.327 e. The minimum Gasteiger partial charge on any atom is -0.475 e. The predicted molar refractivity (Wildman–Crippen MR) is 288 cm³/mol. The molecular formula is C53H62Cl2N14O7. The first kappa shape index (κ1) is 50.3. The molecule has 0 spiro atoms. The number of rotatable bonds is 11. The van der Waals surface area contributed by atoms with Gasteiger partial charge in [0.25, 0.3) is 0 Å². The van der Waals surface area contributed by atoms with Crippen molar-refractivity contribution in [2.45, 2.75) is 114 Å². The van der Waals surface area contributed by atoms with Crippen molar-refractivity contribution >= 4 is 63.6 Å². The largest absolute Gasteiger partial charge is 0.475 e. The summed E-state index contributed by atoms with van der Waals surface area (Å²) in [4.78, 5) is 38.1. The molecular weight excluding hydrogens is 1020 g/mol. The molecule has 23 heteroatoms. The molecule has 6 aliphatic heterocycles. The van der Waals surface area contributed by atoms with Gasteiger partial charge in [-0.2, -0.15) is 10.2 Å². The van der Waals surface area contributed by atoms with Crippen LogP contribution in [0.5, 0.6) is 11.8 Å². The number of fused-ring (bicyclic) bond motifs is 8. The minimum absolute atomic E-state index is 0.00800. The van der Waals surface area contributed by atoms with Gasteiger partial charge in [-0.1, -0.05) is 23.2 Å². The lowest BCUT2D eigenvalue weighted by Gasteiger charge is -2.36. The Morgan fingerprint density at radius 2 is 1.32 bits per heavy atom. The Bertz CT molecular complexity index is 3110. The van der Waals surface area contributed by atoms with Crippen molar-refractivity contribution in [1.29, 1.82) is 0 Å². The third kappa shape index (κ3) is 11.2. The fourth-order valence-electron chi connectivity index (χ4n) is 10.3. The average molecular weight is 1080 g/mol. The van der Waals surface area contributed by atoms with E-state index in [9.17, 15) is 4.79 Å². The van der Waals surface area contributed by atoms with Crippen LogP contribution < -0.4 is 40.5 Å². The Morgan fingerprint density at radius 3 is 1.92 bits per heavy atom. The number of nitrogens with zero attached hydrogens (tertiary/aromatic N) is 11. The maximum absolute atomic E-state index is 13.7. The highest BCUT2D eigenvalue weighted by molar-refractivity contribution is 6.34. The highest BCUT2D eigenvalue weighted by Gasteiger charge is 2.42. The molecule has 2 amide bonds. The molecule has 4 bridgehead atoms. The number of nitrogens with two attached hydrogens (primary N) is 1. The molecule has 6 aromatic rings. The molecule has 2 saturated carbocycles. The van der Waals surface area contributed by atoms with Crippen molar-refractivity contribution in [3.05, 3.63) is 83.6 Å². The molecule has 14 rings (SSSR count). The third-order valence-electron chi connectivity index (χ3n) is 14.4. The Hall–Kier alpha value is -6.49. The third-order valence-corrected chi connectivity index (χ3v) is 15.0. The number of anilines is 6. The normalized spacial score (nSPS) is 23.2. The number of hydrogen-bond donors (Lipinski definition) is 3. The maximum atomic E-state index is 13.7. The van der Waals surface area contributed by atoms with E-state index in [2.05, 4.69) is 46.8 Å². The zero-order chi connectivity index (χ0) is 52.3. The molecule has 400 valence electrons. The van der Waals surface area contributed by atoms with Gasteiger partial charge < -0.3 is 54.6 Å². The lowest BCUT2D eigenvalue weighted by Crippen LogP contribution is -2.48. The van der Waals surface area contributed by atoms with E-state index in [4.69, 9.17) is 67.3 Å². The lowest BCUT2D eigenvalue weighted by atomic mass is 10.1. The summed E-state index contributed by atoms with van der Waals surface area (Å²) in [5.74, 6) is 1.33. The number of carbonyl (C=O) groups is 1. The van der Waals surface area contributed by atoms with Crippen LogP contribution in [-0.4, -0.2) is 134 Å².